The fourth-order valence-electron chi connectivity index (χ4n) is 3.81. The zero-order chi connectivity index (χ0) is 18.1. The number of aromatic amines is 1. The number of hydrogen-bond donors (Lipinski definition) is 1. The summed E-state index contributed by atoms with van der Waals surface area (Å²) < 4.78 is 1.86. The Balaban J connectivity index is 1.82. The Morgan fingerprint density at radius 1 is 1.27 bits per heavy atom. The second-order valence-corrected chi connectivity index (χ2v) is 7.05. The Morgan fingerprint density at radius 2 is 2.08 bits per heavy atom. The van der Waals surface area contributed by atoms with E-state index in [1.54, 1.807) is 0 Å². The molecule has 0 atom stereocenters. The highest BCUT2D eigenvalue weighted by molar-refractivity contribution is 6.04. The minimum absolute atomic E-state index is 0.0356. The molecule has 2 aromatic heterocycles. The van der Waals surface area contributed by atoms with Gasteiger partial charge in [0.25, 0.3) is 5.56 Å². The van der Waals surface area contributed by atoms with E-state index in [2.05, 4.69) is 39.9 Å². The van der Waals surface area contributed by atoms with E-state index >= 15 is 0 Å². The van der Waals surface area contributed by atoms with Gasteiger partial charge in [-0.25, -0.2) is 0 Å². The molecular weight excluding hydrogens is 324 g/mol. The van der Waals surface area contributed by atoms with Crippen molar-refractivity contribution >= 4 is 21.8 Å². The lowest BCUT2D eigenvalue weighted by Gasteiger charge is -2.11. The third-order valence-corrected chi connectivity index (χ3v) is 5.13. The number of pyridine rings is 1. The molecule has 5 nitrogen and oxygen atoms in total. The first kappa shape index (κ1) is 16.9. The van der Waals surface area contributed by atoms with E-state index in [9.17, 15) is 4.79 Å². The Morgan fingerprint density at radius 3 is 2.85 bits per heavy atom. The lowest BCUT2D eigenvalue weighted by Crippen LogP contribution is -2.21. The third-order valence-electron chi connectivity index (χ3n) is 5.13. The number of rotatable bonds is 3. The van der Waals surface area contributed by atoms with Gasteiger partial charge in [0.1, 0.15) is 5.52 Å². The van der Waals surface area contributed by atoms with Crippen LogP contribution in [-0.2, 0) is 6.54 Å². The first-order valence-electron chi connectivity index (χ1n) is 9.41. The van der Waals surface area contributed by atoms with Gasteiger partial charge in [0.2, 0.25) is 0 Å². The largest absolute Gasteiger partial charge is 0.308 e. The molecule has 1 aliphatic heterocycles. The molecule has 0 bridgehead atoms. The van der Waals surface area contributed by atoms with Gasteiger partial charge in [0.05, 0.1) is 17.4 Å². The van der Waals surface area contributed by atoms with E-state index in [0.717, 1.165) is 53.7 Å². The van der Waals surface area contributed by atoms with Crippen LogP contribution in [0.15, 0.2) is 23.0 Å². The summed E-state index contributed by atoms with van der Waals surface area (Å²) in [5.74, 6) is 6.58. The Hall–Kier alpha value is -2.58. The minimum Gasteiger partial charge on any atom is -0.308 e. The Kier molecular flexibility index (Phi) is 4.52. The van der Waals surface area contributed by atoms with Crippen LogP contribution in [0, 0.1) is 18.8 Å². The summed E-state index contributed by atoms with van der Waals surface area (Å²) in [7, 11) is 0. The molecule has 1 saturated heterocycles. The number of fused-ring (bicyclic) bond motifs is 3. The molecule has 5 heteroatoms. The second-order valence-electron chi connectivity index (χ2n) is 7.05. The first-order chi connectivity index (χ1) is 12.7. The van der Waals surface area contributed by atoms with Crippen molar-refractivity contribution in [2.75, 3.05) is 19.6 Å². The van der Waals surface area contributed by atoms with Crippen LogP contribution in [0.4, 0.5) is 0 Å². The molecule has 0 spiro atoms. The number of aromatic nitrogens is 3. The molecule has 3 aromatic rings. The second kappa shape index (κ2) is 6.97. The maximum absolute atomic E-state index is 12.9. The average Bonchev–Trinajstić information content (AvgIpc) is 3.29. The van der Waals surface area contributed by atoms with Crippen molar-refractivity contribution in [3.8, 4) is 11.8 Å². The van der Waals surface area contributed by atoms with Gasteiger partial charge < -0.3 is 4.57 Å². The molecule has 134 valence electrons. The number of likely N-dealkylation sites (tertiary alicyclic amines) is 1. The summed E-state index contributed by atoms with van der Waals surface area (Å²) in [6, 6.07) is 6.09. The summed E-state index contributed by atoms with van der Waals surface area (Å²) in [5.41, 5.74) is 3.51. The molecule has 1 N–H and O–H groups in total. The maximum Gasteiger partial charge on any atom is 0.262 e. The molecule has 4 rings (SSSR count). The van der Waals surface area contributed by atoms with Crippen LogP contribution in [0.1, 0.15) is 37.4 Å². The molecule has 1 aliphatic rings. The molecule has 0 saturated carbocycles. The van der Waals surface area contributed by atoms with E-state index in [1.165, 1.54) is 12.8 Å². The smallest absolute Gasteiger partial charge is 0.262 e. The van der Waals surface area contributed by atoms with Crippen molar-refractivity contribution < 1.29 is 0 Å². The minimum atomic E-state index is 0.0356. The molecule has 3 heterocycles. The van der Waals surface area contributed by atoms with Crippen molar-refractivity contribution in [2.24, 2.45) is 0 Å². The highest BCUT2D eigenvalue weighted by atomic mass is 16.1. The number of aryl methyl sites for hydroxylation is 2. The van der Waals surface area contributed by atoms with Crippen molar-refractivity contribution in [3.63, 3.8) is 0 Å². The van der Waals surface area contributed by atoms with E-state index in [4.69, 9.17) is 0 Å². The standard InChI is InChI=1S/C21H24N4O/c1-3-10-25-18-9-8-16(7-6-13-24-11-4-5-12-24)14-17(18)20-19(21(25)26)15(2)22-23-20/h8-9,14H,3-5,10-13H2,1-2H3,(H,22,23). The summed E-state index contributed by atoms with van der Waals surface area (Å²) in [6.07, 6.45) is 3.47. The number of nitrogens with one attached hydrogen (secondary N) is 1. The van der Waals surface area contributed by atoms with Crippen molar-refractivity contribution in [1.29, 1.82) is 0 Å². The Bertz CT molecular complexity index is 1070. The molecule has 0 amide bonds. The van der Waals surface area contributed by atoms with Crippen molar-refractivity contribution in [1.82, 2.24) is 19.7 Å². The van der Waals surface area contributed by atoms with E-state index in [1.807, 2.05) is 23.6 Å². The number of hydrogen-bond acceptors (Lipinski definition) is 3. The van der Waals surface area contributed by atoms with Gasteiger partial charge in [-0.1, -0.05) is 18.8 Å². The van der Waals surface area contributed by atoms with Crippen LogP contribution in [0.3, 0.4) is 0 Å². The number of nitrogens with zero attached hydrogens (tertiary/aromatic N) is 3. The highest BCUT2D eigenvalue weighted by Crippen LogP contribution is 2.24. The van der Waals surface area contributed by atoms with Gasteiger partial charge in [0, 0.05) is 23.2 Å². The molecule has 1 fully saturated rings. The van der Waals surface area contributed by atoms with Crippen molar-refractivity contribution in [3.05, 3.63) is 39.8 Å². The molecule has 0 radical (unpaired) electrons. The van der Waals surface area contributed by atoms with Crippen LogP contribution in [0.25, 0.3) is 21.8 Å². The molecule has 0 unspecified atom stereocenters. The van der Waals surface area contributed by atoms with E-state index in [0.29, 0.717) is 11.9 Å². The SMILES string of the molecule is CCCn1c(=O)c2c(C)[nH]nc2c2cc(C#CCN3CCCC3)ccc21. The van der Waals surface area contributed by atoms with Gasteiger partial charge in [-0.05, 0) is 57.5 Å². The van der Waals surface area contributed by atoms with Gasteiger partial charge in [-0.3, -0.25) is 14.8 Å². The monoisotopic (exact) mass is 348 g/mol. The van der Waals surface area contributed by atoms with Crippen LogP contribution in [0.5, 0.6) is 0 Å². The summed E-state index contributed by atoms with van der Waals surface area (Å²) >= 11 is 0. The lowest BCUT2D eigenvalue weighted by molar-refractivity contribution is 0.383. The predicted molar refractivity (Wildman–Crippen MR) is 105 cm³/mol. The van der Waals surface area contributed by atoms with Crippen LogP contribution >= 0.6 is 0 Å². The van der Waals surface area contributed by atoms with E-state index < -0.39 is 0 Å². The number of benzene rings is 1. The Labute approximate surface area is 153 Å². The summed E-state index contributed by atoms with van der Waals surface area (Å²) in [5, 5.41) is 9.05. The molecule has 0 aliphatic carbocycles. The van der Waals surface area contributed by atoms with E-state index in [-0.39, 0.29) is 5.56 Å². The quantitative estimate of drug-likeness (QED) is 0.740. The van der Waals surface area contributed by atoms with Gasteiger partial charge >= 0.3 is 0 Å². The van der Waals surface area contributed by atoms with Crippen LogP contribution in [0.2, 0.25) is 0 Å². The molecule has 26 heavy (non-hydrogen) atoms. The number of H-pyrrole nitrogens is 1. The van der Waals surface area contributed by atoms with Crippen LogP contribution < -0.4 is 5.56 Å². The molecule has 1 aromatic carbocycles. The first-order valence-corrected chi connectivity index (χ1v) is 9.41. The topological polar surface area (TPSA) is 53.9 Å². The van der Waals surface area contributed by atoms with Gasteiger partial charge in [-0.2, -0.15) is 5.10 Å². The zero-order valence-electron chi connectivity index (χ0n) is 15.4. The predicted octanol–water partition coefficient (Wildman–Crippen LogP) is 3.04. The summed E-state index contributed by atoms with van der Waals surface area (Å²) in [6.45, 7) is 7.83. The van der Waals surface area contributed by atoms with Crippen molar-refractivity contribution in [2.45, 2.75) is 39.7 Å². The normalized spacial score (nSPS) is 14.8. The maximum atomic E-state index is 12.9. The lowest BCUT2D eigenvalue weighted by atomic mass is 10.1. The van der Waals surface area contributed by atoms with Gasteiger partial charge in [-0.15, -0.1) is 0 Å². The summed E-state index contributed by atoms with van der Waals surface area (Å²) in [4.78, 5) is 15.3. The fraction of sp³-hybridized carbons (Fsp3) is 0.429. The fourth-order valence-corrected chi connectivity index (χ4v) is 3.81. The average molecular weight is 348 g/mol. The zero-order valence-corrected chi connectivity index (χ0v) is 15.4. The highest BCUT2D eigenvalue weighted by Gasteiger charge is 2.15. The third kappa shape index (κ3) is 2.91. The van der Waals surface area contributed by atoms with Gasteiger partial charge in [0.15, 0.2) is 0 Å². The van der Waals surface area contributed by atoms with Crippen LogP contribution in [-0.4, -0.2) is 39.3 Å². The molecular formula is C21H24N4O.